The molecule has 1 saturated heterocycles. The highest BCUT2D eigenvalue weighted by atomic mass is 32.2. The number of hydrogen-bond acceptors (Lipinski definition) is 3. The Kier molecular flexibility index (Phi) is 7.32. The minimum atomic E-state index is -3.13. The van der Waals surface area contributed by atoms with Gasteiger partial charge in [0.05, 0.1) is 5.75 Å². The number of unbranched alkanes of at least 4 members (excludes halogenated alkanes) is 2. The summed E-state index contributed by atoms with van der Waals surface area (Å²) in [4.78, 5) is 0. The lowest BCUT2D eigenvalue weighted by Gasteiger charge is -2.30. The number of rotatable bonds is 8. The van der Waals surface area contributed by atoms with E-state index in [2.05, 4.69) is 12.2 Å². The molecule has 1 heterocycles. The number of sulfonamides is 1. The van der Waals surface area contributed by atoms with Gasteiger partial charge in [0.15, 0.2) is 0 Å². The number of nitrogens with one attached hydrogen (secondary N) is 1. The molecule has 4 nitrogen and oxygen atoms in total. The highest BCUT2D eigenvalue weighted by Crippen LogP contribution is 2.15. The first-order valence-electron chi connectivity index (χ1n) is 7.70. The van der Waals surface area contributed by atoms with Crippen molar-refractivity contribution in [2.24, 2.45) is 0 Å². The summed E-state index contributed by atoms with van der Waals surface area (Å²) >= 11 is 0. The molecule has 0 saturated carbocycles. The van der Waals surface area contributed by atoms with Crippen LogP contribution in [-0.4, -0.2) is 43.6 Å². The summed E-state index contributed by atoms with van der Waals surface area (Å²) in [5, 5.41) is 3.33. The molecule has 114 valence electrons. The minimum absolute atomic E-state index is 0.0606. The fourth-order valence-corrected chi connectivity index (χ4v) is 4.69. The molecule has 1 fully saturated rings. The van der Waals surface area contributed by atoms with E-state index in [9.17, 15) is 8.42 Å². The molecular weight excluding hydrogens is 260 g/mol. The van der Waals surface area contributed by atoms with E-state index in [1.165, 1.54) is 6.42 Å². The topological polar surface area (TPSA) is 49.4 Å². The van der Waals surface area contributed by atoms with Crippen LogP contribution in [0.2, 0.25) is 0 Å². The molecule has 19 heavy (non-hydrogen) atoms. The summed E-state index contributed by atoms with van der Waals surface area (Å²) in [7, 11) is -3.13. The lowest BCUT2D eigenvalue weighted by Crippen LogP contribution is -2.46. The van der Waals surface area contributed by atoms with Crippen LogP contribution in [0.25, 0.3) is 0 Å². The molecule has 1 N–H and O–H groups in total. The van der Waals surface area contributed by atoms with Crippen molar-refractivity contribution in [3.05, 3.63) is 0 Å². The van der Waals surface area contributed by atoms with Crippen LogP contribution in [0, 0.1) is 0 Å². The van der Waals surface area contributed by atoms with Gasteiger partial charge in [0, 0.05) is 18.6 Å². The fourth-order valence-electron chi connectivity index (χ4n) is 2.65. The zero-order chi connectivity index (χ0) is 14.3. The quantitative estimate of drug-likeness (QED) is 0.698. The molecule has 1 aliphatic heterocycles. The predicted molar refractivity (Wildman–Crippen MR) is 80.8 cm³/mol. The van der Waals surface area contributed by atoms with E-state index in [1.807, 2.05) is 13.8 Å². The zero-order valence-corrected chi connectivity index (χ0v) is 13.5. The molecule has 0 spiro atoms. The SMILES string of the molecule is CCCCCN(C(C)C)S(=O)(=O)CC1CCCCN1. The molecule has 0 bridgehead atoms. The minimum Gasteiger partial charge on any atom is -0.313 e. The van der Waals surface area contributed by atoms with Gasteiger partial charge in [-0.3, -0.25) is 0 Å². The van der Waals surface area contributed by atoms with Crippen LogP contribution in [0.3, 0.4) is 0 Å². The van der Waals surface area contributed by atoms with Gasteiger partial charge < -0.3 is 5.32 Å². The summed E-state index contributed by atoms with van der Waals surface area (Å²) in [5.41, 5.74) is 0. The van der Waals surface area contributed by atoms with Crippen LogP contribution < -0.4 is 5.32 Å². The van der Waals surface area contributed by atoms with E-state index in [4.69, 9.17) is 0 Å². The number of hydrogen-bond donors (Lipinski definition) is 1. The van der Waals surface area contributed by atoms with Crippen LogP contribution in [0.15, 0.2) is 0 Å². The maximum absolute atomic E-state index is 12.5. The fraction of sp³-hybridized carbons (Fsp3) is 1.00. The second-order valence-corrected chi connectivity index (χ2v) is 7.80. The third-order valence-corrected chi connectivity index (χ3v) is 5.88. The summed E-state index contributed by atoms with van der Waals surface area (Å²) in [6.07, 6.45) is 6.48. The first-order chi connectivity index (χ1) is 8.97. The Balaban J connectivity index is 2.58. The molecule has 0 aromatic heterocycles. The Hall–Kier alpha value is -0.130. The van der Waals surface area contributed by atoms with Gasteiger partial charge in [0.1, 0.15) is 0 Å². The Morgan fingerprint density at radius 3 is 2.53 bits per heavy atom. The van der Waals surface area contributed by atoms with Gasteiger partial charge in [-0.2, -0.15) is 4.31 Å². The van der Waals surface area contributed by atoms with Crippen molar-refractivity contribution in [2.45, 2.75) is 71.4 Å². The highest BCUT2D eigenvalue weighted by Gasteiger charge is 2.28. The number of piperidine rings is 1. The van der Waals surface area contributed by atoms with Crippen LogP contribution >= 0.6 is 0 Å². The highest BCUT2D eigenvalue weighted by molar-refractivity contribution is 7.89. The maximum Gasteiger partial charge on any atom is 0.215 e. The molecular formula is C14H30N2O2S. The largest absolute Gasteiger partial charge is 0.313 e. The first kappa shape index (κ1) is 16.9. The lowest BCUT2D eigenvalue weighted by atomic mass is 10.1. The van der Waals surface area contributed by atoms with E-state index in [-0.39, 0.29) is 17.8 Å². The molecule has 1 rings (SSSR count). The molecule has 0 amide bonds. The van der Waals surface area contributed by atoms with Crippen LogP contribution in [-0.2, 0) is 10.0 Å². The van der Waals surface area contributed by atoms with Gasteiger partial charge in [-0.15, -0.1) is 0 Å². The van der Waals surface area contributed by atoms with Gasteiger partial charge in [-0.05, 0) is 39.7 Å². The lowest BCUT2D eigenvalue weighted by molar-refractivity contribution is 0.338. The summed E-state index contributed by atoms with van der Waals surface area (Å²) < 4.78 is 26.7. The van der Waals surface area contributed by atoms with Crippen molar-refractivity contribution >= 4 is 10.0 Å². The molecule has 1 atom stereocenters. The molecule has 0 radical (unpaired) electrons. The standard InChI is InChI=1S/C14H30N2O2S/c1-4-5-8-11-16(13(2)3)19(17,18)12-14-9-6-7-10-15-14/h13-15H,4-12H2,1-3H3. The summed E-state index contributed by atoms with van der Waals surface area (Å²) in [5.74, 6) is 0.261. The van der Waals surface area contributed by atoms with E-state index in [1.54, 1.807) is 4.31 Å². The third kappa shape index (κ3) is 5.79. The van der Waals surface area contributed by atoms with Crippen molar-refractivity contribution in [1.82, 2.24) is 9.62 Å². The van der Waals surface area contributed by atoms with Crippen molar-refractivity contribution < 1.29 is 8.42 Å². The van der Waals surface area contributed by atoms with E-state index >= 15 is 0 Å². The Bertz CT molecular complexity index is 335. The van der Waals surface area contributed by atoms with Crippen molar-refractivity contribution in [1.29, 1.82) is 0 Å². The number of nitrogens with zero attached hydrogens (tertiary/aromatic N) is 1. The monoisotopic (exact) mass is 290 g/mol. The second-order valence-electron chi connectivity index (χ2n) is 5.84. The van der Waals surface area contributed by atoms with Crippen LogP contribution in [0.1, 0.15) is 59.3 Å². The Morgan fingerprint density at radius 2 is 2.00 bits per heavy atom. The van der Waals surface area contributed by atoms with Gasteiger partial charge in [0.2, 0.25) is 10.0 Å². The van der Waals surface area contributed by atoms with E-state index < -0.39 is 10.0 Å². The zero-order valence-electron chi connectivity index (χ0n) is 12.7. The van der Waals surface area contributed by atoms with Crippen LogP contribution in [0.4, 0.5) is 0 Å². The van der Waals surface area contributed by atoms with Gasteiger partial charge in [-0.25, -0.2) is 8.42 Å². The Morgan fingerprint density at radius 1 is 1.26 bits per heavy atom. The van der Waals surface area contributed by atoms with Crippen molar-refractivity contribution in [3.63, 3.8) is 0 Å². The normalized spacial score (nSPS) is 21.2. The van der Waals surface area contributed by atoms with Crippen LogP contribution in [0.5, 0.6) is 0 Å². The molecule has 1 unspecified atom stereocenters. The molecule has 0 aromatic rings. The van der Waals surface area contributed by atoms with E-state index in [0.717, 1.165) is 38.6 Å². The van der Waals surface area contributed by atoms with E-state index in [0.29, 0.717) is 6.54 Å². The smallest absolute Gasteiger partial charge is 0.215 e. The van der Waals surface area contributed by atoms with Gasteiger partial charge in [-0.1, -0.05) is 26.2 Å². The third-order valence-electron chi connectivity index (χ3n) is 3.74. The van der Waals surface area contributed by atoms with Gasteiger partial charge >= 0.3 is 0 Å². The molecule has 5 heteroatoms. The molecule has 0 aliphatic carbocycles. The summed E-state index contributed by atoms with van der Waals surface area (Å²) in [6, 6.07) is 0.205. The molecule has 1 aliphatic rings. The maximum atomic E-state index is 12.5. The average molecular weight is 290 g/mol. The van der Waals surface area contributed by atoms with Gasteiger partial charge in [0.25, 0.3) is 0 Å². The average Bonchev–Trinajstić information content (AvgIpc) is 2.34. The first-order valence-corrected chi connectivity index (χ1v) is 9.31. The Labute approximate surface area is 119 Å². The summed E-state index contributed by atoms with van der Waals surface area (Å²) in [6.45, 7) is 7.70. The molecule has 0 aromatic carbocycles. The van der Waals surface area contributed by atoms with Crippen molar-refractivity contribution in [2.75, 3.05) is 18.8 Å². The van der Waals surface area contributed by atoms with Crippen molar-refractivity contribution in [3.8, 4) is 0 Å². The second kappa shape index (κ2) is 8.22. The predicted octanol–water partition coefficient (Wildman–Crippen LogP) is 2.36.